The molecule has 0 aromatic heterocycles. The molecule has 2 N–H and O–H groups in total. The predicted molar refractivity (Wildman–Crippen MR) is 92.5 cm³/mol. The van der Waals surface area contributed by atoms with Crippen LogP contribution in [0.15, 0.2) is 53.4 Å². The molecule has 26 heavy (non-hydrogen) atoms. The molecule has 0 atom stereocenters. The highest BCUT2D eigenvalue weighted by atomic mass is 32.2. The van der Waals surface area contributed by atoms with E-state index < -0.39 is 14.9 Å². The van der Waals surface area contributed by atoms with Crippen LogP contribution in [0.1, 0.15) is 0 Å². The molecule has 0 unspecified atom stereocenters. The molecule has 2 aromatic rings. The summed E-state index contributed by atoms with van der Waals surface area (Å²) < 4.78 is 31.5. The van der Waals surface area contributed by atoms with Gasteiger partial charge in [0, 0.05) is 25.2 Å². The van der Waals surface area contributed by atoms with Gasteiger partial charge < -0.3 is 14.9 Å². The first-order chi connectivity index (χ1) is 12.4. The molecule has 2 aromatic carbocycles. The number of non-ortho nitro benzene ring substituents is 1. The molecular weight excluding hydrogens is 364 g/mol. The van der Waals surface area contributed by atoms with Gasteiger partial charge in [-0.05, 0) is 36.4 Å². The molecule has 0 aliphatic carbocycles. The Bertz CT molecular complexity index is 830. The lowest BCUT2D eigenvalue weighted by molar-refractivity contribution is -0.384. The molecule has 0 heterocycles. The summed E-state index contributed by atoms with van der Waals surface area (Å²) in [6.45, 7) is -0.963. The minimum Gasteiger partial charge on any atom is -0.457 e. The summed E-state index contributed by atoms with van der Waals surface area (Å²) in [5, 5.41) is 28.6. The first-order valence-corrected chi connectivity index (χ1v) is 9.06. The normalized spacial score (nSPS) is 11.5. The molecule has 0 fully saturated rings. The van der Waals surface area contributed by atoms with E-state index in [0.717, 1.165) is 4.31 Å². The largest absolute Gasteiger partial charge is 0.457 e. The van der Waals surface area contributed by atoms with E-state index in [2.05, 4.69) is 0 Å². The lowest BCUT2D eigenvalue weighted by Gasteiger charge is -2.20. The highest BCUT2D eigenvalue weighted by molar-refractivity contribution is 7.89. The second-order valence-corrected chi connectivity index (χ2v) is 7.11. The monoisotopic (exact) mass is 382 g/mol. The topological polar surface area (TPSA) is 130 Å². The Morgan fingerprint density at radius 1 is 0.923 bits per heavy atom. The summed E-state index contributed by atoms with van der Waals surface area (Å²) in [7, 11) is -3.85. The Kier molecular flexibility index (Phi) is 6.64. The van der Waals surface area contributed by atoms with Gasteiger partial charge in [-0.1, -0.05) is 0 Å². The van der Waals surface area contributed by atoms with Crippen molar-refractivity contribution < 1.29 is 28.3 Å². The van der Waals surface area contributed by atoms with Crippen molar-refractivity contribution in [2.75, 3.05) is 26.3 Å². The van der Waals surface area contributed by atoms with Crippen LogP contribution in [0.4, 0.5) is 5.69 Å². The summed E-state index contributed by atoms with van der Waals surface area (Å²) >= 11 is 0. The maximum absolute atomic E-state index is 12.5. The molecule has 2 rings (SSSR count). The molecule has 0 bridgehead atoms. The van der Waals surface area contributed by atoms with E-state index in [4.69, 9.17) is 14.9 Å². The highest BCUT2D eigenvalue weighted by Gasteiger charge is 2.23. The Hall–Kier alpha value is -2.53. The van der Waals surface area contributed by atoms with Crippen LogP contribution in [0, 0.1) is 10.1 Å². The maximum atomic E-state index is 12.5. The Morgan fingerprint density at radius 2 is 1.38 bits per heavy atom. The van der Waals surface area contributed by atoms with Gasteiger partial charge in [0.2, 0.25) is 10.0 Å². The number of aliphatic hydroxyl groups is 2. The molecule has 0 aliphatic rings. The van der Waals surface area contributed by atoms with Crippen LogP contribution in [0.5, 0.6) is 11.5 Å². The van der Waals surface area contributed by atoms with Crippen LogP contribution in [0.25, 0.3) is 0 Å². The lowest BCUT2D eigenvalue weighted by atomic mass is 10.3. The van der Waals surface area contributed by atoms with E-state index >= 15 is 0 Å². The maximum Gasteiger partial charge on any atom is 0.269 e. The molecular formula is C16H18N2O7S. The van der Waals surface area contributed by atoms with Crippen molar-refractivity contribution in [2.45, 2.75) is 4.90 Å². The Labute approximate surface area is 150 Å². The Balaban J connectivity index is 2.15. The fraction of sp³-hybridized carbons (Fsp3) is 0.250. The second kappa shape index (κ2) is 8.72. The molecule has 0 aliphatic heterocycles. The zero-order valence-corrected chi connectivity index (χ0v) is 14.5. The van der Waals surface area contributed by atoms with Crippen LogP contribution in [0.2, 0.25) is 0 Å². The zero-order valence-electron chi connectivity index (χ0n) is 13.7. The number of hydrogen-bond donors (Lipinski definition) is 2. The van der Waals surface area contributed by atoms with E-state index in [1.807, 2.05) is 0 Å². The predicted octanol–water partition coefficient (Wildman–Crippen LogP) is 1.36. The van der Waals surface area contributed by atoms with Crippen molar-refractivity contribution in [2.24, 2.45) is 0 Å². The molecule has 0 amide bonds. The third kappa shape index (κ3) is 4.76. The number of nitro groups is 1. The van der Waals surface area contributed by atoms with Crippen LogP contribution in [-0.4, -0.2) is 54.2 Å². The van der Waals surface area contributed by atoms with Crippen molar-refractivity contribution in [1.29, 1.82) is 0 Å². The van der Waals surface area contributed by atoms with Gasteiger partial charge in [-0.25, -0.2) is 8.42 Å². The quantitative estimate of drug-likeness (QED) is 0.495. The van der Waals surface area contributed by atoms with Crippen LogP contribution in [-0.2, 0) is 10.0 Å². The number of aliphatic hydroxyl groups excluding tert-OH is 2. The molecule has 10 heteroatoms. The highest BCUT2D eigenvalue weighted by Crippen LogP contribution is 2.25. The molecule has 0 saturated heterocycles. The number of nitrogens with zero attached hydrogens (tertiary/aromatic N) is 2. The summed E-state index contributed by atoms with van der Waals surface area (Å²) in [4.78, 5) is 10.1. The van der Waals surface area contributed by atoms with E-state index in [1.54, 1.807) is 0 Å². The minimum atomic E-state index is -3.85. The van der Waals surface area contributed by atoms with Gasteiger partial charge in [0.1, 0.15) is 11.5 Å². The van der Waals surface area contributed by atoms with Gasteiger partial charge in [-0.3, -0.25) is 10.1 Å². The number of nitro benzene ring substituents is 1. The standard InChI is InChI=1S/C16H18N2O7S/c19-11-9-17(10-12-20)26(23,24)16-7-5-15(6-8-16)25-14-3-1-13(2-4-14)18(21)22/h1-8,19-20H,9-12H2. The van der Waals surface area contributed by atoms with Crippen LogP contribution >= 0.6 is 0 Å². The van der Waals surface area contributed by atoms with Gasteiger partial charge in [-0.15, -0.1) is 0 Å². The summed E-state index contributed by atoms with van der Waals surface area (Å²) in [5.41, 5.74) is -0.0633. The summed E-state index contributed by atoms with van der Waals surface area (Å²) in [6, 6.07) is 11.1. The van der Waals surface area contributed by atoms with Gasteiger partial charge in [0.05, 0.1) is 23.0 Å². The van der Waals surface area contributed by atoms with Crippen molar-refractivity contribution in [3.8, 4) is 11.5 Å². The number of benzene rings is 2. The summed E-state index contributed by atoms with van der Waals surface area (Å²) in [5.74, 6) is 0.724. The fourth-order valence-corrected chi connectivity index (χ4v) is 3.60. The van der Waals surface area contributed by atoms with Crippen molar-refractivity contribution >= 4 is 15.7 Å². The van der Waals surface area contributed by atoms with Gasteiger partial charge >= 0.3 is 0 Å². The van der Waals surface area contributed by atoms with E-state index in [1.165, 1.54) is 48.5 Å². The van der Waals surface area contributed by atoms with Gasteiger partial charge in [0.15, 0.2) is 0 Å². The number of hydrogen-bond acceptors (Lipinski definition) is 7. The molecule has 140 valence electrons. The molecule has 0 saturated carbocycles. The summed E-state index contributed by atoms with van der Waals surface area (Å²) in [6.07, 6.45) is 0. The minimum absolute atomic E-state index is 0.00421. The number of rotatable bonds is 9. The average Bonchev–Trinajstić information content (AvgIpc) is 2.62. The van der Waals surface area contributed by atoms with Gasteiger partial charge in [-0.2, -0.15) is 4.31 Å². The van der Waals surface area contributed by atoms with E-state index in [-0.39, 0.29) is 36.9 Å². The van der Waals surface area contributed by atoms with Crippen molar-refractivity contribution in [3.05, 3.63) is 58.6 Å². The van der Waals surface area contributed by atoms with Gasteiger partial charge in [0.25, 0.3) is 5.69 Å². The smallest absolute Gasteiger partial charge is 0.269 e. The SMILES string of the molecule is O=[N+]([O-])c1ccc(Oc2ccc(S(=O)(=O)N(CCO)CCO)cc2)cc1. The molecule has 0 spiro atoms. The Morgan fingerprint density at radius 3 is 1.81 bits per heavy atom. The average molecular weight is 382 g/mol. The number of sulfonamides is 1. The third-order valence-corrected chi connectivity index (χ3v) is 5.36. The van der Waals surface area contributed by atoms with Crippen molar-refractivity contribution in [1.82, 2.24) is 4.31 Å². The van der Waals surface area contributed by atoms with E-state index in [9.17, 15) is 18.5 Å². The van der Waals surface area contributed by atoms with Crippen LogP contribution in [0.3, 0.4) is 0 Å². The lowest BCUT2D eigenvalue weighted by Crippen LogP contribution is -2.35. The number of ether oxygens (including phenoxy) is 1. The zero-order chi connectivity index (χ0) is 19.2. The molecule has 0 radical (unpaired) electrons. The second-order valence-electron chi connectivity index (χ2n) is 5.18. The van der Waals surface area contributed by atoms with E-state index in [0.29, 0.717) is 11.5 Å². The van der Waals surface area contributed by atoms with Crippen molar-refractivity contribution in [3.63, 3.8) is 0 Å². The fourth-order valence-electron chi connectivity index (χ4n) is 2.18. The third-order valence-electron chi connectivity index (χ3n) is 3.44. The first-order valence-electron chi connectivity index (χ1n) is 7.62. The first kappa shape index (κ1) is 19.8. The molecule has 9 nitrogen and oxygen atoms in total. The van der Waals surface area contributed by atoms with Crippen LogP contribution < -0.4 is 4.74 Å².